The van der Waals surface area contributed by atoms with Gasteiger partial charge >= 0.3 is 11.6 Å². The summed E-state index contributed by atoms with van der Waals surface area (Å²) in [6.45, 7) is -0.999. The smallest absolute Gasteiger partial charge is 0.351 e. The number of halogens is 3. The van der Waals surface area contributed by atoms with E-state index < -0.39 is 36.7 Å². The normalized spacial score (nSPS) is 26.8. The van der Waals surface area contributed by atoms with E-state index in [4.69, 9.17) is 26.0 Å². The summed E-state index contributed by atoms with van der Waals surface area (Å²) in [5.41, 5.74) is 4.08. The molecule has 5 N–H and O–H groups in total. The van der Waals surface area contributed by atoms with Crippen LogP contribution in [0.5, 0.6) is 0 Å². The van der Waals surface area contributed by atoms with Crippen LogP contribution < -0.4 is 11.4 Å². The fraction of sp³-hybridized carbons (Fsp3) is 0.455. The second-order valence-electron chi connectivity index (χ2n) is 4.69. The van der Waals surface area contributed by atoms with E-state index in [9.17, 15) is 18.0 Å². The van der Waals surface area contributed by atoms with E-state index in [-0.39, 0.29) is 16.6 Å². The third-order valence-electron chi connectivity index (χ3n) is 3.16. The van der Waals surface area contributed by atoms with Crippen molar-refractivity contribution in [1.29, 1.82) is 0 Å². The molecule has 0 amide bonds. The quantitative estimate of drug-likeness (QED) is 0.552. The molecular weight excluding hydrogens is 325 g/mol. The van der Waals surface area contributed by atoms with Crippen molar-refractivity contribution in [3.8, 4) is 0 Å². The lowest BCUT2D eigenvalue weighted by molar-refractivity contribution is -0.266. The molecule has 12 heteroatoms. The Hall–Kier alpha value is -2.15. The summed E-state index contributed by atoms with van der Waals surface area (Å²) in [6, 6.07) is 0. The molecule has 128 valence electrons. The minimum atomic E-state index is -4.09. The van der Waals surface area contributed by atoms with Crippen LogP contribution in [0.3, 0.4) is 0 Å². The highest BCUT2D eigenvalue weighted by atomic mass is 19.3. The zero-order valence-corrected chi connectivity index (χ0v) is 11.4. The van der Waals surface area contributed by atoms with Crippen LogP contribution in [-0.2, 0) is 4.74 Å². The Morgan fingerprint density at radius 1 is 1.52 bits per heavy atom. The second kappa shape index (κ2) is 6.16. The van der Waals surface area contributed by atoms with Crippen LogP contribution in [0.25, 0.3) is 6.08 Å². The van der Waals surface area contributed by atoms with Crippen LogP contribution in [0.4, 0.5) is 19.0 Å². The first-order chi connectivity index (χ1) is 10.7. The maximum atomic E-state index is 13.9. The Kier molecular flexibility index (Phi) is 4.61. The number of anilines is 1. The van der Waals surface area contributed by atoms with E-state index in [1.807, 2.05) is 0 Å². The van der Waals surface area contributed by atoms with Crippen LogP contribution in [-0.4, -0.2) is 55.1 Å². The number of rotatable bonds is 4. The van der Waals surface area contributed by atoms with Crippen molar-refractivity contribution < 1.29 is 33.4 Å². The molecule has 3 atom stereocenters. The van der Waals surface area contributed by atoms with Gasteiger partial charge in [-0.3, -0.25) is 15.0 Å². The Morgan fingerprint density at radius 2 is 2.17 bits per heavy atom. The van der Waals surface area contributed by atoms with Gasteiger partial charge in [-0.2, -0.15) is 13.8 Å². The largest absolute Gasteiger partial charge is 0.394 e. The Labute approximate surface area is 126 Å². The summed E-state index contributed by atoms with van der Waals surface area (Å²) in [7, 11) is 0. The third kappa shape index (κ3) is 3.14. The number of nitrogen functional groups attached to an aromatic ring is 1. The number of hydroxylamine groups is 2. The molecule has 3 unspecified atom stereocenters. The zero-order valence-electron chi connectivity index (χ0n) is 11.4. The lowest BCUT2D eigenvalue weighted by Gasteiger charge is -2.20. The number of nitrogens with zero attached hydrogens (tertiary/aromatic N) is 3. The molecule has 23 heavy (non-hydrogen) atoms. The van der Waals surface area contributed by atoms with Crippen molar-refractivity contribution in [3.05, 3.63) is 28.4 Å². The average Bonchev–Trinajstić information content (AvgIpc) is 2.69. The molecule has 0 spiro atoms. The molecule has 1 aliphatic heterocycles. The fourth-order valence-electron chi connectivity index (χ4n) is 2.04. The van der Waals surface area contributed by atoms with Crippen LogP contribution in [0, 0.1) is 0 Å². The Morgan fingerprint density at radius 3 is 2.70 bits per heavy atom. The van der Waals surface area contributed by atoms with Gasteiger partial charge in [0.25, 0.3) is 0 Å². The highest BCUT2D eigenvalue weighted by Gasteiger charge is 2.60. The van der Waals surface area contributed by atoms with Gasteiger partial charge in [0.15, 0.2) is 6.17 Å². The highest BCUT2D eigenvalue weighted by molar-refractivity contribution is 5.59. The molecule has 1 aromatic heterocycles. The van der Waals surface area contributed by atoms with Crippen LogP contribution >= 0.6 is 0 Å². The molecule has 1 aliphatic rings. The summed E-state index contributed by atoms with van der Waals surface area (Å²) in [5.74, 6) is -4.46. The summed E-state index contributed by atoms with van der Waals surface area (Å²) >= 11 is 0. The van der Waals surface area contributed by atoms with Crippen molar-refractivity contribution in [2.24, 2.45) is 0 Å². The minimum Gasteiger partial charge on any atom is -0.394 e. The van der Waals surface area contributed by atoms with Crippen molar-refractivity contribution in [2.45, 2.75) is 24.4 Å². The summed E-state index contributed by atoms with van der Waals surface area (Å²) in [4.78, 5) is 15.0. The number of hydrogen-bond acceptors (Lipinski definition) is 8. The predicted molar refractivity (Wildman–Crippen MR) is 68.2 cm³/mol. The number of ether oxygens (including phenoxy) is 1. The van der Waals surface area contributed by atoms with E-state index in [0.717, 1.165) is 12.3 Å². The molecular formula is C11H13F3N4O5. The second-order valence-corrected chi connectivity index (χ2v) is 4.69. The highest BCUT2D eigenvalue weighted by Crippen LogP contribution is 2.43. The average molecular weight is 338 g/mol. The molecule has 9 nitrogen and oxygen atoms in total. The first kappa shape index (κ1) is 17.2. The van der Waals surface area contributed by atoms with Gasteiger partial charge in [0.2, 0.25) is 6.23 Å². The van der Waals surface area contributed by atoms with Crippen molar-refractivity contribution >= 4 is 11.9 Å². The molecule has 0 saturated carbocycles. The molecule has 2 rings (SSSR count). The van der Waals surface area contributed by atoms with Gasteiger partial charge in [0, 0.05) is 11.8 Å². The van der Waals surface area contributed by atoms with E-state index in [0.29, 0.717) is 10.8 Å². The number of aliphatic hydroxyl groups excluding tert-OH is 1. The summed E-state index contributed by atoms with van der Waals surface area (Å²) < 4.78 is 46.4. The monoisotopic (exact) mass is 338 g/mol. The van der Waals surface area contributed by atoms with Gasteiger partial charge < -0.3 is 15.6 Å². The molecule has 1 saturated heterocycles. The topological polar surface area (TPSA) is 134 Å². The van der Waals surface area contributed by atoms with Crippen molar-refractivity contribution in [3.63, 3.8) is 0 Å². The van der Waals surface area contributed by atoms with Crippen LogP contribution in [0.15, 0.2) is 17.2 Å². The number of alkyl halides is 3. The van der Waals surface area contributed by atoms with Gasteiger partial charge in [-0.15, -0.1) is 5.23 Å². The predicted octanol–water partition coefficient (Wildman–Crippen LogP) is -0.260. The maximum Gasteiger partial charge on any atom is 0.351 e. The standard InChI is InChI=1S/C11H13F3N4O5/c12-7-6(4-19)23-9(11(7,13)14)17-3-5(1-2-18(21)22)8(15)16-10(17)20/h1-3,6-7,9,19,21-22H,4H2,(H2,15,16,20)/b2-1+. The summed E-state index contributed by atoms with van der Waals surface area (Å²) in [6.07, 6.45) is -4.50. The molecule has 1 aromatic rings. The number of nitrogens with two attached hydrogens (primary N) is 1. The van der Waals surface area contributed by atoms with Gasteiger partial charge in [0.1, 0.15) is 11.9 Å². The molecule has 2 heterocycles. The van der Waals surface area contributed by atoms with Crippen LogP contribution in [0.1, 0.15) is 11.8 Å². The number of aromatic nitrogens is 2. The first-order valence-corrected chi connectivity index (χ1v) is 6.20. The lowest BCUT2D eigenvalue weighted by Crippen LogP contribution is -2.40. The van der Waals surface area contributed by atoms with E-state index in [2.05, 4.69) is 4.98 Å². The fourth-order valence-corrected chi connectivity index (χ4v) is 2.04. The zero-order chi connectivity index (χ0) is 17.4. The molecule has 0 aliphatic carbocycles. The van der Waals surface area contributed by atoms with E-state index in [1.54, 1.807) is 0 Å². The summed E-state index contributed by atoms with van der Waals surface area (Å²) in [5, 5.41) is 25.7. The first-order valence-electron chi connectivity index (χ1n) is 6.20. The van der Waals surface area contributed by atoms with Gasteiger partial charge in [-0.05, 0) is 6.08 Å². The minimum absolute atomic E-state index is 0.125. The molecule has 0 aromatic carbocycles. The Bertz CT molecular complexity index is 666. The van der Waals surface area contributed by atoms with Gasteiger partial charge in [0.05, 0.1) is 12.8 Å². The van der Waals surface area contributed by atoms with E-state index >= 15 is 0 Å². The molecule has 0 radical (unpaired) electrons. The molecule has 0 bridgehead atoms. The number of aliphatic hydroxyl groups is 1. The van der Waals surface area contributed by atoms with E-state index in [1.165, 1.54) is 0 Å². The Balaban J connectivity index is 2.47. The van der Waals surface area contributed by atoms with Crippen molar-refractivity contribution in [2.75, 3.05) is 12.3 Å². The SMILES string of the molecule is Nc1nc(=O)n(C2OC(CO)C(F)C2(F)F)cc1/C=C/N(O)O. The van der Waals surface area contributed by atoms with Crippen molar-refractivity contribution in [1.82, 2.24) is 14.8 Å². The van der Waals surface area contributed by atoms with Crippen LogP contribution in [0.2, 0.25) is 0 Å². The number of hydrogen-bond donors (Lipinski definition) is 4. The van der Waals surface area contributed by atoms with Gasteiger partial charge in [-0.25, -0.2) is 9.18 Å². The lowest BCUT2D eigenvalue weighted by atomic mass is 10.1. The third-order valence-corrected chi connectivity index (χ3v) is 3.16. The molecule has 1 fully saturated rings. The maximum absolute atomic E-state index is 13.9. The van der Waals surface area contributed by atoms with Gasteiger partial charge in [-0.1, -0.05) is 0 Å².